The normalized spacial score (nSPS) is 12.1. The quantitative estimate of drug-likeness (QED) is 0.174. The maximum atomic E-state index is 13.4. The van der Waals surface area contributed by atoms with Gasteiger partial charge in [0.1, 0.15) is 6.04 Å². The average molecular weight is 604 g/mol. The van der Waals surface area contributed by atoms with Gasteiger partial charge in [0.15, 0.2) is 11.5 Å². The molecule has 2 N–H and O–H groups in total. The standard InChI is InChI=1S/C32H24F3N3O4S/c33-32(34,35)24-14-11-22(12-15-24)30-38-27(28(42-30)23-13-16-25(36-17-23)21-9-5-2-6-10-21)29(39)37-26(31(40)41)19-43-18-20-7-3-1-4-8-20/h1-17,26H,18-19H2,(H,37,39)(H,40,41). The van der Waals surface area contributed by atoms with Gasteiger partial charge in [0.2, 0.25) is 5.89 Å². The van der Waals surface area contributed by atoms with Gasteiger partial charge in [0, 0.05) is 34.4 Å². The monoisotopic (exact) mass is 603 g/mol. The number of thioether (sulfide) groups is 1. The highest BCUT2D eigenvalue weighted by Gasteiger charge is 2.31. The summed E-state index contributed by atoms with van der Waals surface area (Å²) in [4.78, 5) is 34.2. The van der Waals surface area contributed by atoms with Crippen molar-refractivity contribution in [2.75, 3.05) is 5.75 Å². The molecule has 2 heterocycles. The van der Waals surface area contributed by atoms with Crippen LogP contribution in [0.2, 0.25) is 0 Å². The number of amides is 1. The summed E-state index contributed by atoms with van der Waals surface area (Å²) in [7, 11) is 0. The Morgan fingerprint density at radius 2 is 1.51 bits per heavy atom. The van der Waals surface area contributed by atoms with E-state index in [2.05, 4.69) is 15.3 Å². The largest absolute Gasteiger partial charge is 0.480 e. The van der Waals surface area contributed by atoms with Gasteiger partial charge < -0.3 is 14.8 Å². The Bertz CT molecular complexity index is 1690. The van der Waals surface area contributed by atoms with E-state index in [0.29, 0.717) is 17.0 Å². The van der Waals surface area contributed by atoms with Crippen LogP contribution >= 0.6 is 11.8 Å². The number of carboxylic acids is 1. The van der Waals surface area contributed by atoms with Gasteiger partial charge in [-0.05, 0) is 42.0 Å². The van der Waals surface area contributed by atoms with Crippen LogP contribution in [-0.4, -0.2) is 38.7 Å². The molecule has 0 aliphatic rings. The number of hydrogen-bond acceptors (Lipinski definition) is 6. The van der Waals surface area contributed by atoms with Crippen molar-refractivity contribution in [1.29, 1.82) is 0 Å². The zero-order chi connectivity index (χ0) is 30.4. The van der Waals surface area contributed by atoms with Crippen LogP contribution in [0.4, 0.5) is 13.2 Å². The first-order valence-corrected chi connectivity index (χ1v) is 14.2. The third kappa shape index (κ3) is 7.31. The van der Waals surface area contributed by atoms with Crippen LogP contribution in [0.1, 0.15) is 21.6 Å². The highest BCUT2D eigenvalue weighted by molar-refractivity contribution is 7.98. The second kappa shape index (κ2) is 13.0. The molecule has 0 aliphatic carbocycles. The number of nitrogens with one attached hydrogen (secondary N) is 1. The van der Waals surface area contributed by atoms with E-state index in [1.807, 2.05) is 60.7 Å². The van der Waals surface area contributed by atoms with Crippen molar-refractivity contribution in [3.8, 4) is 34.0 Å². The number of benzene rings is 3. The zero-order valence-corrected chi connectivity index (χ0v) is 23.2. The van der Waals surface area contributed by atoms with E-state index in [9.17, 15) is 27.9 Å². The number of aliphatic carboxylic acids is 1. The summed E-state index contributed by atoms with van der Waals surface area (Å²) in [5, 5.41) is 12.3. The fourth-order valence-corrected chi connectivity index (χ4v) is 5.18. The van der Waals surface area contributed by atoms with Gasteiger partial charge in [0.25, 0.3) is 5.91 Å². The number of carbonyl (C=O) groups excluding carboxylic acids is 1. The first-order valence-electron chi connectivity index (χ1n) is 13.0. The van der Waals surface area contributed by atoms with Gasteiger partial charge in [-0.15, -0.1) is 0 Å². The number of nitrogens with zero attached hydrogens (tertiary/aromatic N) is 2. The number of rotatable bonds is 10. The summed E-state index contributed by atoms with van der Waals surface area (Å²) in [5.74, 6) is -1.50. The van der Waals surface area contributed by atoms with Gasteiger partial charge in [0.05, 0.1) is 11.3 Å². The lowest BCUT2D eigenvalue weighted by Crippen LogP contribution is -2.42. The van der Waals surface area contributed by atoms with E-state index in [4.69, 9.17) is 4.42 Å². The minimum absolute atomic E-state index is 0.000544. The Balaban J connectivity index is 1.43. The molecule has 5 aromatic rings. The molecule has 5 rings (SSSR count). The molecule has 0 bridgehead atoms. The van der Waals surface area contributed by atoms with Gasteiger partial charge in [-0.2, -0.15) is 24.9 Å². The number of oxazole rings is 1. The highest BCUT2D eigenvalue weighted by atomic mass is 32.2. The van der Waals surface area contributed by atoms with Crippen molar-refractivity contribution in [3.63, 3.8) is 0 Å². The number of carbonyl (C=O) groups is 2. The molecule has 0 aliphatic heterocycles. The summed E-state index contributed by atoms with van der Waals surface area (Å²) >= 11 is 1.34. The predicted octanol–water partition coefficient (Wildman–Crippen LogP) is 7.21. The van der Waals surface area contributed by atoms with E-state index >= 15 is 0 Å². The molecule has 0 spiro atoms. The molecule has 1 unspecified atom stereocenters. The average Bonchev–Trinajstić information content (AvgIpc) is 3.47. The second-order valence-corrected chi connectivity index (χ2v) is 10.5. The molecule has 11 heteroatoms. The minimum atomic E-state index is -4.53. The number of hydrogen-bond donors (Lipinski definition) is 2. The smallest absolute Gasteiger partial charge is 0.416 e. The lowest BCUT2D eigenvalue weighted by molar-refractivity contribution is -0.139. The number of halogens is 3. The SMILES string of the molecule is O=C(NC(CSCc1ccccc1)C(=O)O)c1nc(-c2ccc(C(F)(F)F)cc2)oc1-c1ccc(-c2ccccc2)nc1. The van der Waals surface area contributed by atoms with Crippen LogP contribution in [0, 0.1) is 0 Å². The van der Waals surface area contributed by atoms with Gasteiger partial charge in [-0.3, -0.25) is 9.78 Å². The molecular weight excluding hydrogens is 579 g/mol. The van der Waals surface area contributed by atoms with Crippen LogP contribution in [0.3, 0.4) is 0 Å². The van der Waals surface area contributed by atoms with Gasteiger partial charge in [-0.25, -0.2) is 9.78 Å². The molecule has 1 amide bonds. The Morgan fingerprint density at radius 1 is 0.860 bits per heavy atom. The summed E-state index contributed by atoms with van der Waals surface area (Å²) in [5.41, 5.74) is 2.06. The molecule has 1 atom stereocenters. The molecule has 218 valence electrons. The van der Waals surface area contributed by atoms with Crippen molar-refractivity contribution >= 4 is 23.6 Å². The third-order valence-electron chi connectivity index (χ3n) is 6.40. The third-order valence-corrected chi connectivity index (χ3v) is 7.50. The molecular formula is C32H24F3N3O4S. The van der Waals surface area contributed by atoms with E-state index in [1.54, 1.807) is 12.1 Å². The molecule has 7 nitrogen and oxygen atoms in total. The predicted molar refractivity (Wildman–Crippen MR) is 157 cm³/mol. The Kier molecular flexibility index (Phi) is 8.91. The molecule has 3 aromatic carbocycles. The topological polar surface area (TPSA) is 105 Å². The zero-order valence-electron chi connectivity index (χ0n) is 22.4. The van der Waals surface area contributed by atoms with Crippen molar-refractivity contribution in [2.45, 2.75) is 18.0 Å². The van der Waals surface area contributed by atoms with E-state index in [-0.39, 0.29) is 28.7 Å². The number of alkyl halides is 3. The molecule has 2 aromatic heterocycles. The molecule has 0 saturated heterocycles. The van der Waals surface area contributed by atoms with Crippen molar-refractivity contribution in [3.05, 3.63) is 120 Å². The van der Waals surface area contributed by atoms with Crippen molar-refractivity contribution in [2.24, 2.45) is 0 Å². The van der Waals surface area contributed by atoms with Crippen molar-refractivity contribution < 1.29 is 32.3 Å². The summed E-state index contributed by atoms with van der Waals surface area (Å²) in [6.45, 7) is 0. The van der Waals surface area contributed by atoms with Crippen LogP contribution in [0.25, 0.3) is 34.0 Å². The Labute approximate surface area is 248 Å². The van der Waals surface area contributed by atoms with Crippen LogP contribution in [0.15, 0.2) is 108 Å². The van der Waals surface area contributed by atoms with Crippen molar-refractivity contribution in [1.82, 2.24) is 15.3 Å². The maximum absolute atomic E-state index is 13.4. The lowest BCUT2D eigenvalue weighted by atomic mass is 10.1. The summed E-state index contributed by atoms with van der Waals surface area (Å²) < 4.78 is 45.2. The molecule has 0 saturated carbocycles. The lowest BCUT2D eigenvalue weighted by Gasteiger charge is -2.14. The second-order valence-electron chi connectivity index (χ2n) is 9.44. The Hall–Kier alpha value is -4.90. The molecule has 0 fully saturated rings. The summed E-state index contributed by atoms with van der Waals surface area (Å²) in [6.07, 6.45) is -3.04. The van der Waals surface area contributed by atoms with E-state index in [1.165, 1.54) is 30.1 Å². The number of pyridine rings is 1. The van der Waals surface area contributed by atoms with Gasteiger partial charge in [-0.1, -0.05) is 60.7 Å². The van der Waals surface area contributed by atoms with E-state index < -0.39 is 29.7 Å². The molecule has 43 heavy (non-hydrogen) atoms. The maximum Gasteiger partial charge on any atom is 0.416 e. The Morgan fingerprint density at radius 3 is 2.12 bits per heavy atom. The summed E-state index contributed by atoms with van der Waals surface area (Å²) in [6, 6.07) is 25.2. The molecule has 0 radical (unpaired) electrons. The van der Waals surface area contributed by atoms with E-state index in [0.717, 1.165) is 23.3 Å². The van der Waals surface area contributed by atoms with Gasteiger partial charge >= 0.3 is 12.1 Å². The van der Waals surface area contributed by atoms with Crippen LogP contribution < -0.4 is 5.32 Å². The van der Waals surface area contributed by atoms with Crippen LogP contribution in [-0.2, 0) is 16.7 Å². The first-order chi connectivity index (χ1) is 20.7. The fourth-order valence-electron chi connectivity index (χ4n) is 4.17. The number of carboxylic acid groups (broad SMARTS) is 1. The highest BCUT2D eigenvalue weighted by Crippen LogP contribution is 2.34. The first kappa shape index (κ1) is 29.6. The fraction of sp³-hybridized carbons (Fsp3) is 0.125. The minimum Gasteiger partial charge on any atom is -0.480 e. The number of aromatic nitrogens is 2. The van der Waals surface area contributed by atoms with Crippen LogP contribution in [0.5, 0.6) is 0 Å².